The van der Waals surface area contributed by atoms with Gasteiger partial charge in [-0.2, -0.15) is 0 Å². The fraction of sp³-hybridized carbons (Fsp3) is 0.125. The predicted molar refractivity (Wildman–Crippen MR) is 48.3 cm³/mol. The highest BCUT2D eigenvalue weighted by Crippen LogP contribution is 2.23. The molecule has 0 aliphatic rings. The number of benzene rings is 1. The Bertz CT molecular complexity index is 379. The molecule has 76 valence electrons. The number of nitrogens with two attached hydrogens (primary N) is 1. The van der Waals surface area contributed by atoms with Gasteiger partial charge in [0.2, 0.25) is 0 Å². The van der Waals surface area contributed by atoms with Gasteiger partial charge in [-0.25, -0.2) is 18.2 Å². The smallest absolute Gasteiger partial charge is 0.187 e. The molecule has 0 heterocycles. The molecule has 2 nitrogen and oxygen atoms in total. The van der Waals surface area contributed by atoms with Crippen LogP contribution in [-0.2, 0) is 0 Å². The van der Waals surface area contributed by atoms with Crippen molar-refractivity contribution in [1.82, 2.24) is 0 Å². The average molecular weight is 223 g/mol. The molecule has 2 N–H and O–H groups in total. The first-order valence-electron chi connectivity index (χ1n) is 3.58. The van der Waals surface area contributed by atoms with Crippen molar-refractivity contribution in [3.63, 3.8) is 0 Å². The van der Waals surface area contributed by atoms with Gasteiger partial charge >= 0.3 is 0 Å². The molecule has 0 aliphatic carbocycles. The number of rotatable bonds is 2. The largest absolute Gasteiger partial charge is 0.386 e. The predicted octanol–water partition coefficient (Wildman–Crippen LogP) is 2.33. The van der Waals surface area contributed by atoms with Crippen LogP contribution < -0.4 is 5.73 Å². The highest BCUT2D eigenvalue weighted by molar-refractivity contribution is 6.28. The van der Waals surface area contributed by atoms with E-state index in [1.165, 1.54) is 0 Å². The molecule has 0 aromatic heterocycles. The van der Waals surface area contributed by atoms with Gasteiger partial charge in [-0.1, -0.05) is 0 Å². The summed E-state index contributed by atoms with van der Waals surface area (Å²) in [6.45, 7) is 0. The average Bonchev–Trinajstić information content (AvgIpc) is 2.18. The van der Waals surface area contributed by atoms with Crippen molar-refractivity contribution >= 4 is 23.1 Å². The van der Waals surface area contributed by atoms with Crippen molar-refractivity contribution in [2.24, 2.45) is 10.7 Å². The third kappa shape index (κ3) is 2.17. The minimum absolute atomic E-state index is 0.185. The van der Waals surface area contributed by atoms with Crippen molar-refractivity contribution in [3.8, 4) is 0 Å². The van der Waals surface area contributed by atoms with Crippen molar-refractivity contribution in [2.75, 3.05) is 5.88 Å². The molecule has 0 bridgehead atoms. The Hall–Kier alpha value is -1.23. The van der Waals surface area contributed by atoms with E-state index >= 15 is 0 Å². The Kier molecular flexibility index (Phi) is 3.35. The van der Waals surface area contributed by atoms with Gasteiger partial charge in [0.1, 0.15) is 11.5 Å². The van der Waals surface area contributed by atoms with Gasteiger partial charge in [-0.05, 0) is 12.1 Å². The zero-order valence-electron chi connectivity index (χ0n) is 6.90. The van der Waals surface area contributed by atoms with E-state index < -0.39 is 23.1 Å². The summed E-state index contributed by atoms with van der Waals surface area (Å²) in [4.78, 5) is 3.31. The number of aliphatic imine (C=N–C) groups is 1. The summed E-state index contributed by atoms with van der Waals surface area (Å²) in [5, 5.41) is 0. The van der Waals surface area contributed by atoms with Gasteiger partial charge in [0, 0.05) is 0 Å². The van der Waals surface area contributed by atoms with E-state index in [1.807, 2.05) is 0 Å². The Morgan fingerprint density at radius 2 is 1.86 bits per heavy atom. The van der Waals surface area contributed by atoms with Crippen molar-refractivity contribution in [3.05, 3.63) is 29.6 Å². The van der Waals surface area contributed by atoms with Crippen LogP contribution in [0, 0.1) is 17.5 Å². The first-order chi connectivity index (χ1) is 6.56. The molecule has 0 atom stereocenters. The standard InChI is InChI=1S/C8H6ClF3N2/c9-3-6(13)14-8-5(11)2-1-4(10)7(8)12/h1-2H,3H2,(H2,13,14). The SMILES string of the molecule is NC(CCl)=Nc1c(F)ccc(F)c1F. The lowest BCUT2D eigenvalue weighted by molar-refractivity contribution is 0.498. The summed E-state index contributed by atoms with van der Waals surface area (Å²) in [6.07, 6.45) is 0. The van der Waals surface area contributed by atoms with Crippen molar-refractivity contribution < 1.29 is 13.2 Å². The summed E-state index contributed by atoms with van der Waals surface area (Å²) in [7, 11) is 0. The van der Waals surface area contributed by atoms with E-state index in [9.17, 15) is 13.2 Å². The molecule has 0 saturated carbocycles. The Labute approximate surface area is 83.2 Å². The Balaban J connectivity index is 3.26. The van der Waals surface area contributed by atoms with E-state index in [0.29, 0.717) is 6.07 Å². The topological polar surface area (TPSA) is 38.4 Å². The maximum Gasteiger partial charge on any atom is 0.187 e. The number of amidine groups is 1. The van der Waals surface area contributed by atoms with Crippen LogP contribution in [0.5, 0.6) is 0 Å². The van der Waals surface area contributed by atoms with Gasteiger partial charge in [0.15, 0.2) is 17.5 Å². The molecular weight excluding hydrogens is 217 g/mol. The quantitative estimate of drug-likeness (QED) is 0.355. The van der Waals surface area contributed by atoms with E-state index in [1.54, 1.807) is 0 Å². The molecule has 0 amide bonds. The lowest BCUT2D eigenvalue weighted by Crippen LogP contribution is -2.12. The van der Waals surface area contributed by atoms with Crippen LogP contribution in [0.4, 0.5) is 18.9 Å². The second-order valence-electron chi connectivity index (χ2n) is 2.43. The zero-order chi connectivity index (χ0) is 10.7. The normalized spacial score (nSPS) is 11.9. The summed E-state index contributed by atoms with van der Waals surface area (Å²) in [5.74, 6) is -3.92. The molecule has 1 rings (SSSR count). The fourth-order valence-electron chi connectivity index (χ4n) is 0.792. The maximum absolute atomic E-state index is 12.9. The Morgan fingerprint density at radius 3 is 2.43 bits per heavy atom. The minimum Gasteiger partial charge on any atom is -0.386 e. The summed E-state index contributed by atoms with van der Waals surface area (Å²) < 4.78 is 38.5. The van der Waals surface area contributed by atoms with Crippen LogP contribution in [-0.4, -0.2) is 11.7 Å². The first-order valence-corrected chi connectivity index (χ1v) is 4.12. The number of hydrogen-bond acceptors (Lipinski definition) is 1. The van der Waals surface area contributed by atoms with Crippen LogP contribution in [0.25, 0.3) is 0 Å². The van der Waals surface area contributed by atoms with Crippen molar-refractivity contribution in [2.45, 2.75) is 0 Å². The summed E-state index contributed by atoms with van der Waals surface area (Å²) in [5.41, 5.74) is 4.39. The minimum atomic E-state index is -1.38. The number of halogens is 4. The highest BCUT2D eigenvalue weighted by Gasteiger charge is 2.13. The molecule has 0 aliphatic heterocycles. The lowest BCUT2D eigenvalue weighted by atomic mass is 10.3. The molecule has 0 saturated heterocycles. The second-order valence-corrected chi connectivity index (χ2v) is 2.70. The zero-order valence-corrected chi connectivity index (χ0v) is 7.65. The van der Waals surface area contributed by atoms with Crippen molar-refractivity contribution in [1.29, 1.82) is 0 Å². The number of alkyl halides is 1. The van der Waals surface area contributed by atoms with Gasteiger partial charge < -0.3 is 5.73 Å². The summed E-state index contributed by atoms with van der Waals surface area (Å²) >= 11 is 5.25. The monoisotopic (exact) mass is 222 g/mol. The maximum atomic E-state index is 12.9. The molecule has 6 heteroatoms. The van der Waals surface area contributed by atoms with Gasteiger partial charge in [0.05, 0.1) is 5.88 Å². The molecule has 14 heavy (non-hydrogen) atoms. The third-order valence-corrected chi connectivity index (χ3v) is 1.69. The number of nitrogens with zero attached hydrogens (tertiary/aromatic N) is 1. The lowest BCUT2D eigenvalue weighted by Gasteiger charge is -2.00. The summed E-state index contributed by atoms with van der Waals surface area (Å²) in [6, 6.07) is 1.43. The fourth-order valence-corrected chi connectivity index (χ4v) is 0.852. The molecule has 1 aromatic rings. The third-order valence-electron chi connectivity index (χ3n) is 1.41. The molecule has 0 spiro atoms. The van der Waals surface area contributed by atoms with Crippen LogP contribution in [0.1, 0.15) is 0 Å². The number of hydrogen-bond donors (Lipinski definition) is 1. The van der Waals surface area contributed by atoms with Gasteiger partial charge in [-0.15, -0.1) is 11.6 Å². The van der Waals surface area contributed by atoms with Crippen LogP contribution in [0.15, 0.2) is 17.1 Å². The van der Waals surface area contributed by atoms with Crippen LogP contribution in [0.3, 0.4) is 0 Å². The molecule has 1 aromatic carbocycles. The molecule has 0 radical (unpaired) electrons. The van der Waals surface area contributed by atoms with Crippen LogP contribution >= 0.6 is 11.6 Å². The second kappa shape index (κ2) is 4.32. The van der Waals surface area contributed by atoms with E-state index in [-0.39, 0.29) is 11.7 Å². The van der Waals surface area contributed by atoms with E-state index in [4.69, 9.17) is 17.3 Å². The highest BCUT2D eigenvalue weighted by atomic mass is 35.5. The van der Waals surface area contributed by atoms with E-state index in [0.717, 1.165) is 6.07 Å². The molecular formula is C8H6ClF3N2. The Morgan fingerprint density at radius 1 is 1.29 bits per heavy atom. The van der Waals surface area contributed by atoms with E-state index in [2.05, 4.69) is 4.99 Å². The molecule has 0 fully saturated rings. The van der Waals surface area contributed by atoms with Gasteiger partial charge in [0.25, 0.3) is 0 Å². The van der Waals surface area contributed by atoms with Crippen LogP contribution in [0.2, 0.25) is 0 Å². The first kappa shape index (κ1) is 10.8. The van der Waals surface area contributed by atoms with Gasteiger partial charge in [-0.3, -0.25) is 0 Å². The molecule has 0 unspecified atom stereocenters.